The highest BCUT2D eigenvalue weighted by Gasteiger charge is 2.06. The first kappa shape index (κ1) is 10.7. The number of hydrogen-bond donors (Lipinski definition) is 0. The van der Waals surface area contributed by atoms with Crippen molar-refractivity contribution in [3.8, 4) is 0 Å². The molecule has 2 rings (SSSR count). The molecule has 1 radical (unpaired) electrons. The monoisotopic (exact) mass is 212 g/mol. The predicted octanol–water partition coefficient (Wildman–Crippen LogP) is 2.82. The maximum Gasteiger partial charge on any atom is 0.0719 e. The Morgan fingerprint density at radius 3 is 2.88 bits per heavy atom. The molecule has 0 spiro atoms. The van der Waals surface area contributed by atoms with Gasteiger partial charge in [0, 0.05) is 6.08 Å². The topological polar surface area (TPSA) is 12.5 Å². The Bertz CT molecular complexity index is 418. The van der Waals surface area contributed by atoms with Gasteiger partial charge < -0.3 is 0 Å². The fraction of sp³-hybridized carbons (Fsp3) is 0.143. The van der Waals surface area contributed by atoms with Crippen LogP contribution in [0, 0.1) is 6.08 Å². The molecule has 1 aromatic carbocycles. The van der Waals surface area contributed by atoms with Gasteiger partial charge in [-0.05, 0) is 17.7 Å². The first-order valence-corrected chi connectivity index (χ1v) is 5.23. The number of hydroxylamine groups is 2. The summed E-state index contributed by atoms with van der Waals surface area (Å²) < 4.78 is 0. The van der Waals surface area contributed by atoms with E-state index in [-0.39, 0.29) is 0 Å². The maximum atomic E-state index is 5.22. The van der Waals surface area contributed by atoms with Gasteiger partial charge >= 0.3 is 0 Å². The molecule has 0 fully saturated rings. The van der Waals surface area contributed by atoms with Gasteiger partial charge in [0.2, 0.25) is 0 Å². The molecule has 2 nitrogen and oxygen atoms in total. The van der Waals surface area contributed by atoms with Gasteiger partial charge in [-0.3, -0.25) is 9.90 Å². The van der Waals surface area contributed by atoms with Gasteiger partial charge in [0.1, 0.15) is 0 Å². The minimum atomic E-state index is 0.762. The van der Waals surface area contributed by atoms with Crippen molar-refractivity contribution in [2.45, 2.75) is 0 Å². The van der Waals surface area contributed by atoms with Gasteiger partial charge in [0.15, 0.2) is 0 Å². The van der Waals surface area contributed by atoms with E-state index < -0.39 is 0 Å². The van der Waals surface area contributed by atoms with Crippen molar-refractivity contribution >= 4 is 6.08 Å². The van der Waals surface area contributed by atoms with Crippen molar-refractivity contribution in [2.75, 3.05) is 13.7 Å². The third-order valence-corrected chi connectivity index (χ3v) is 2.34. The molecule has 16 heavy (non-hydrogen) atoms. The molecule has 0 aliphatic carbocycles. The molecule has 0 bridgehead atoms. The lowest BCUT2D eigenvalue weighted by molar-refractivity contribution is -0.0888. The molecule has 0 aromatic heterocycles. The average molecular weight is 212 g/mol. The molecular formula is C14H14NO. The van der Waals surface area contributed by atoms with Crippen LogP contribution in [0.2, 0.25) is 0 Å². The lowest BCUT2D eigenvalue weighted by Gasteiger charge is -2.22. The Balaban J connectivity index is 2.11. The van der Waals surface area contributed by atoms with Crippen molar-refractivity contribution in [3.63, 3.8) is 0 Å². The van der Waals surface area contributed by atoms with E-state index in [0.29, 0.717) is 0 Å². The largest absolute Gasteiger partial charge is 0.276 e. The van der Waals surface area contributed by atoms with Crippen LogP contribution in [0.5, 0.6) is 0 Å². The third kappa shape index (κ3) is 2.61. The fourth-order valence-electron chi connectivity index (χ4n) is 1.50. The van der Waals surface area contributed by atoms with Gasteiger partial charge in [0.25, 0.3) is 0 Å². The summed E-state index contributed by atoms with van der Waals surface area (Å²) in [4.78, 5) is 5.22. The highest BCUT2D eigenvalue weighted by Crippen LogP contribution is 2.12. The quantitative estimate of drug-likeness (QED) is 0.764. The normalized spacial score (nSPS) is 15.6. The summed E-state index contributed by atoms with van der Waals surface area (Å²) in [5.74, 6) is 0. The minimum absolute atomic E-state index is 0.762. The number of benzene rings is 1. The van der Waals surface area contributed by atoms with Crippen molar-refractivity contribution < 1.29 is 4.84 Å². The second-order valence-electron chi connectivity index (χ2n) is 3.42. The molecule has 81 valence electrons. The van der Waals surface area contributed by atoms with Crippen LogP contribution in [-0.2, 0) is 4.84 Å². The number of allylic oxidation sites excluding steroid dienone is 3. The van der Waals surface area contributed by atoms with E-state index in [1.165, 1.54) is 0 Å². The summed E-state index contributed by atoms with van der Waals surface area (Å²) in [5.41, 5.74) is 2.07. The highest BCUT2D eigenvalue weighted by atomic mass is 16.7. The van der Waals surface area contributed by atoms with E-state index in [1.54, 1.807) is 12.2 Å². The Morgan fingerprint density at radius 2 is 2.12 bits per heavy atom. The third-order valence-electron chi connectivity index (χ3n) is 2.34. The van der Waals surface area contributed by atoms with Gasteiger partial charge in [0.05, 0.1) is 19.4 Å². The average Bonchev–Trinajstić information content (AvgIpc) is 2.38. The number of rotatable bonds is 3. The maximum absolute atomic E-state index is 5.22. The highest BCUT2D eigenvalue weighted by molar-refractivity contribution is 5.50. The predicted molar refractivity (Wildman–Crippen MR) is 65.1 cm³/mol. The Hall–Kier alpha value is -1.80. The Labute approximate surface area is 96.1 Å². The van der Waals surface area contributed by atoms with Crippen molar-refractivity contribution in [3.05, 3.63) is 65.9 Å². The van der Waals surface area contributed by atoms with Crippen LogP contribution in [0.4, 0.5) is 0 Å². The van der Waals surface area contributed by atoms with Gasteiger partial charge in [-0.2, -0.15) is 0 Å². The second-order valence-corrected chi connectivity index (χ2v) is 3.42. The molecule has 0 unspecified atom stereocenters. The molecule has 0 atom stereocenters. The van der Waals surface area contributed by atoms with Gasteiger partial charge in [-0.15, -0.1) is 0 Å². The fourth-order valence-corrected chi connectivity index (χ4v) is 1.50. The van der Waals surface area contributed by atoms with E-state index in [2.05, 4.69) is 6.08 Å². The molecule has 0 amide bonds. The lowest BCUT2D eigenvalue weighted by atomic mass is 10.2. The minimum Gasteiger partial charge on any atom is -0.276 e. The summed E-state index contributed by atoms with van der Waals surface area (Å²) in [5, 5.41) is 1.79. The van der Waals surface area contributed by atoms with E-state index in [1.807, 2.05) is 54.6 Å². The van der Waals surface area contributed by atoms with E-state index in [9.17, 15) is 0 Å². The molecule has 0 N–H and O–H groups in total. The SMILES string of the molecule is CON1CC=CC=C1/[C]=C/c1ccccc1. The molecule has 1 aliphatic rings. The van der Waals surface area contributed by atoms with Crippen LogP contribution in [0.15, 0.2) is 54.3 Å². The van der Waals surface area contributed by atoms with E-state index >= 15 is 0 Å². The molecule has 2 heteroatoms. The van der Waals surface area contributed by atoms with Crippen LogP contribution in [0.25, 0.3) is 6.08 Å². The van der Waals surface area contributed by atoms with Gasteiger partial charge in [-0.1, -0.05) is 42.5 Å². The summed E-state index contributed by atoms with van der Waals surface area (Å²) in [6, 6.07) is 10.1. The van der Waals surface area contributed by atoms with Crippen LogP contribution in [0.1, 0.15) is 5.56 Å². The standard InChI is InChI=1S/C14H14NO/c1-16-15-12-6-5-9-14(15)11-10-13-7-3-2-4-8-13/h2-10H,12H2,1H3. The van der Waals surface area contributed by atoms with E-state index in [0.717, 1.165) is 17.8 Å². The Kier molecular flexibility index (Phi) is 3.57. The van der Waals surface area contributed by atoms with Gasteiger partial charge in [-0.25, -0.2) is 0 Å². The van der Waals surface area contributed by atoms with Crippen LogP contribution >= 0.6 is 0 Å². The summed E-state index contributed by atoms with van der Waals surface area (Å²) >= 11 is 0. The van der Waals surface area contributed by atoms with Crippen molar-refractivity contribution in [1.29, 1.82) is 0 Å². The Morgan fingerprint density at radius 1 is 1.31 bits per heavy atom. The molecule has 1 aliphatic heterocycles. The summed E-state index contributed by atoms with van der Waals surface area (Å²) in [7, 11) is 1.66. The summed E-state index contributed by atoms with van der Waals surface area (Å²) in [6.07, 6.45) is 11.2. The second kappa shape index (κ2) is 5.33. The van der Waals surface area contributed by atoms with Crippen LogP contribution < -0.4 is 0 Å². The molecular weight excluding hydrogens is 198 g/mol. The first-order chi connectivity index (χ1) is 7.90. The lowest BCUT2D eigenvalue weighted by Crippen LogP contribution is -2.22. The van der Waals surface area contributed by atoms with Crippen LogP contribution in [-0.4, -0.2) is 18.7 Å². The number of hydrogen-bond acceptors (Lipinski definition) is 2. The van der Waals surface area contributed by atoms with Crippen molar-refractivity contribution in [2.24, 2.45) is 0 Å². The zero-order chi connectivity index (χ0) is 11.2. The molecule has 0 saturated heterocycles. The molecule has 1 heterocycles. The molecule has 0 saturated carbocycles. The zero-order valence-electron chi connectivity index (χ0n) is 9.26. The number of nitrogens with zero attached hydrogens (tertiary/aromatic N) is 1. The summed E-state index contributed by atoms with van der Waals surface area (Å²) in [6.45, 7) is 0.762. The van der Waals surface area contributed by atoms with Crippen molar-refractivity contribution in [1.82, 2.24) is 5.06 Å². The zero-order valence-corrected chi connectivity index (χ0v) is 9.26. The van der Waals surface area contributed by atoms with E-state index in [4.69, 9.17) is 4.84 Å². The van der Waals surface area contributed by atoms with Crippen LogP contribution in [0.3, 0.4) is 0 Å². The first-order valence-electron chi connectivity index (χ1n) is 5.23. The molecule has 1 aromatic rings. The smallest absolute Gasteiger partial charge is 0.0719 e.